The summed E-state index contributed by atoms with van der Waals surface area (Å²) in [4.78, 5) is 9.10. The summed E-state index contributed by atoms with van der Waals surface area (Å²) in [6.45, 7) is 1.94. The maximum absolute atomic E-state index is 10.8. The number of fused-ring (bicyclic) bond motifs is 3. The van der Waals surface area contributed by atoms with E-state index in [0.717, 1.165) is 30.9 Å². The van der Waals surface area contributed by atoms with Gasteiger partial charge in [0.15, 0.2) is 0 Å². The van der Waals surface area contributed by atoms with E-state index < -0.39 is 12.6 Å². The molecular formula is C14H14F3NO2. The van der Waals surface area contributed by atoms with Gasteiger partial charge >= 0.3 is 6.18 Å². The fourth-order valence-electron chi connectivity index (χ4n) is 2.08. The van der Waals surface area contributed by atoms with Crippen molar-refractivity contribution in [2.45, 2.75) is 25.6 Å². The van der Waals surface area contributed by atoms with E-state index in [4.69, 9.17) is 9.21 Å². The zero-order valence-electron chi connectivity index (χ0n) is 10.7. The van der Waals surface area contributed by atoms with Crippen LogP contribution in [-0.2, 0) is 17.8 Å². The van der Waals surface area contributed by atoms with Crippen LogP contribution >= 0.6 is 0 Å². The van der Waals surface area contributed by atoms with Crippen molar-refractivity contribution in [3.8, 4) is 0 Å². The van der Waals surface area contributed by atoms with Crippen LogP contribution in [0.5, 0.6) is 0 Å². The predicted molar refractivity (Wildman–Crippen MR) is 68.4 cm³/mol. The number of carbonyl (C=O) groups is 1. The number of halogens is 3. The number of hydrogen-bond donors (Lipinski definition) is 1. The van der Waals surface area contributed by atoms with Crippen LogP contribution < -0.4 is 5.32 Å². The molecule has 20 heavy (non-hydrogen) atoms. The molecule has 0 radical (unpaired) electrons. The van der Waals surface area contributed by atoms with E-state index >= 15 is 0 Å². The molecule has 0 spiro atoms. The molecule has 0 fully saturated rings. The van der Waals surface area contributed by atoms with Gasteiger partial charge < -0.3 is 14.5 Å². The lowest BCUT2D eigenvalue weighted by Gasteiger charge is -2.10. The molecule has 0 saturated heterocycles. The van der Waals surface area contributed by atoms with Crippen molar-refractivity contribution in [2.24, 2.45) is 0 Å². The molecular weight excluding hydrogens is 271 g/mol. The zero-order valence-corrected chi connectivity index (χ0v) is 10.7. The van der Waals surface area contributed by atoms with Crippen molar-refractivity contribution in [3.05, 3.63) is 35.6 Å². The minimum Gasteiger partial charge on any atom is -0.459 e. The van der Waals surface area contributed by atoms with Gasteiger partial charge in [0.2, 0.25) is 0 Å². The lowest BCUT2D eigenvalue weighted by atomic mass is 10.1. The van der Waals surface area contributed by atoms with Gasteiger partial charge in [-0.05, 0) is 19.0 Å². The van der Waals surface area contributed by atoms with Crippen LogP contribution in [0.25, 0.3) is 11.0 Å². The molecule has 6 heteroatoms. The van der Waals surface area contributed by atoms with E-state index in [0.29, 0.717) is 0 Å². The summed E-state index contributed by atoms with van der Waals surface area (Å²) in [5.74, 6) is 1.12. The average molecular weight is 285 g/mol. The number of hydrogen-bond acceptors (Lipinski definition) is 3. The van der Waals surface area contributed by atoms with Gasteiger partial charge in [0.25, 0.3) is 0 Å². The van der Waals surface area contributed by atoms with E-state index in [2.05, 4.69) is 17.4 Å². The highest BCUT2D eigenvalue weighted by atomic mass is 19.4. The molecule has 108 valence electrons. The van der Waals surface area contributed by atoms with E-state index in [-0.39, 0.29) is 6.29 Å². The molecule has 0 atom stereocenters. The van der Waals surface area contributed by atoms with Gasteiger partial charge in [-0.1, -0.05) is 18.2 Å². The third kappa shape index (κ3) is 3.60. The maximum Gasteiger partial charge on any atom is 0.395 e. The van der Waals surface area contributed by atoms with Gasteiger partial charge in [0.05, 0.1) is 13.0 Å². The van der Waals surface area contributed by atoms with Crippen molar-refractivity contribution < 1.29 is 22.4 Å². The van der Waals surface area contributed by atoms with Crippen LogP contribution in [0.3, 0.4) is 0 Å². The molecule has 2 aromatic rings. The molecule has 0 unspecified atom stereocenters. The minimum absolute atomic E-state index is 0.167. The summed E-state index contributed by atoms with van der Waals surface area (Å²) in [5.41, 5.74) is 2.42. The lowest BCUT2D eigenvalue weighted by Crippen LogP contribution is -2.22. The van der Waals surface area contributed by atoms with Crippen LogP contribution in [0.15, 0.2) is 28.7 Å². The Morgan fingerprint density at radius 1 is 1.30 bits per heavy atom. The molecule has 0 aliphatic carbocycles. The van der Waals surface area contributed by atoms with Gasteiger partial charge in [0.1, 0.15) is 17.6 Å². The second kappa shape index (κ2) is 6.09. The topological polar surface area (TPSA) is 42.2 Å². The van der Waals surface area contributed by atoms with Crippen LogP contribution in [0.4, 0.5) is 13.2 Å². The third-order valence-electron chi connectivity index (χ3n) is 2.93. The van der Waals surface area contributed by atoms with E-state index in [1.54, 1.807) is 0 Å². The number of alkyl halides is 3. The van der Waals surface area contributed by atoms with Crippen molar-refractivity contribution in [3.63, 3.8) is 0 Å². The molecule has 3 nitrogen and oxygen atoms in total. The van der Waals surface area contributed by atoms with E-state index in [1.807, 2.05) is 12.1 Å². The Morgan fingerprint density at radius 2 is 2.05 bits per heavy atom. The lowest BCUT2D eigenvalue weighted by molar-refractivity contribution is -0.144. The van der Waals surface area contributed by atoms with Crippen molar-refractivity contribution in [1.29, 1.82) is 0 Å². The van der Waals surface area contributed by atoms with Gasteiger partial charge in [-0.15, -0.1) is 0 Å². The minimum atomic E-state index is -4.32. The van der Waals surface area contributed by atoms with Gasteiger partial charge in [-0.2, -0.15) is 13.2 Å². The van der Waals surface area contributed by atoms with Crippen LogP contribution in [0.1, 0.15) is 17.7 Å². The fourth-order valence-corrected chi connectivity index (χ4v) is 2.08. The first kappa shape index (κ1) is 14.6. The van der Waals surface area contributed by atoms with Crippen LogP contribution in [-0.4, -0.2) is 19.0 Å². The Kier molecular flexibility index (Phi) is 4.44. The Hall–Kier alpha value is -1.82. The summed E-state index contributed by atoms with van der Waals surface area (Å²) in [5, 5.41) is 4.60. The molecule has 2 heterocycles. The van der Waals surface area contributed by atoms with Gasteiger partial charge in [0, 0.05) is 10.9 Å². The maximum atomic E-state index is 10.8. The largest absolute Gasteiger partial charge is 0.459 e. The molecule has 1 aliphatic rings. The monoisotopic (exact) mass is 285 g/mol. The quantitative estimate of drug-likeness (QED) is 0.818. The number of benzene rings is 1. The molecule has 3 rings (SSSR count). The molecule has 0 saturated carbocycles. The average Bonchev–Trinajstić information content (AvgIpc) is 2.76. The highest BCUT2D eigenvalue weighted by Gasteiger charge is 2.25. The molecule has 1 aromatic heterocycles. The molecule has 0 amide bonds. The number of carbonyl (C=O) groups excluding carboxylic acids is 1. The summed E-state index contributed by atoms with van der Waals surface area (Å²) in [7, 11) is 0. The molecule has 1 N–H and O–H groups in total. The Morgan fingerprint density at radius 3 is 2.70 bits per heavy atom. The first-order valence-electron chi connectivity index (χ1n) is 6.21. The fraction of sp³-hybridized carbons (Fsp3) is 0.357. The predicted octanol–water partition coefficient (Wildman–Crippen LogP) is 3.22. The summed E-state index contributed by atoms with van der Waals surface area (Å²) < 4.78 is 38.2. The normalized spacial score (nSPS) is 14.3. The first-order valence-corrected chi connectivity index (χ1v) is 6.21. The number of rotatable bonds is 1. The molecule has 1 aromatic carbocycles. The summed E-state index contributed by atoms with van der Waals surface area (Å²) in [6, 6.07) is 8.27. The highest BCUT2D eigenvalue weighted by molar-refractivity contribution is 5.82. The summed E-state index contributed by atoms with van der Waals surface area (Å²) >= 11 is 0. The summed E-state index contributed by atoms with van der Waals surface area (Å²) in [6.07, 6.45) is -4.74. The third-order valence-corrected chi connectivity index (χ3v) is 2.93. The number of nitrogens with one attached hydrogen (secondary N) is 1. The van der Waals surface area contributed by atoms with Crippen molar-refractivity contribution in [2.75, 3.05) is 6.54 Å². The van der Waals surface area contributed by atoms with Gasteiger partial charge in [-0.25, -0.2) is 0 Å². The first-order chi connectivity index (χ1) is 9.51. The standard InChI is InChI=1S/C11H11NO.C3H3F3O/c1-2-4-10-8(3-1)9-5-6-12-7-11(9)13-10;4-3(5,6)1-2-7/h1-4,12H,5-7H2;2H,1H2. The smallest absolute Gasteiger partial charge is 0.395 e. The van der Waals surface area contributed by atoms with Gasteiger partial charge in [-0.3, -0.25) is 0 Å². The second-order valence-electron chi connectivity index (χ2n) is 4.41. The number of para-hydroxylation sites is 1. The van der Waals surface area contributed by atoms with E-state index in [1.165, 1.54) is 10.9 Å². The van der Waals surface area contributed by atoms with Crippen molar-refractivity contribution >= 4 is 17.3 Å². The number of aldehydes is 1. The molecule has 1 aliphatic heterocycles. The number of furan rings is 1. The Labute approximate surface area is 113 Å². The Bertz CT molecular complexity index is 590. The van der Waals surface area contributed by atoms with Crippen LogP contribution in [0.2, 0.25) is 0 Å². The molecule has 0 bridgehead atoms. The second-order valence-corrected chi connectivity index (χ2v) is 4.41. The van der Waals surface area contributed by atoms with E-state index in [9.17, 15) is 13.2 Å². The van der Waals surface area contributed by atoms with Crippen LogP contribution in [0, 0.1) is 0 Å². The zero-order chi connectivity index (χ0) is 14.6. The van der Waals surface area contributed by atoms with Crippen molar-refractivity contribution in [1.82, 2.24) is 5.32 Å². The highest BCUT2D eigenvalue weighted by Crippen LogP contribution is 2.27. The SMILES string of the molecule is O=CCC(F)(F)F.c1ccc2c3c(oc2c1)CNCC3. The Balaban J connectivity index is 0.000000182.